The highest BCUT2D eigenvalue weighted by molar-refractivity contribution is 5.88. The van der Waals surface area contributed by atoms with E-state index in [-0.39, 0.29) is 12.2 Å². The Hall–Kier alpha value is -1.69. The second-order valence-corrected chi connectivity index (χ2v) is 3.54. The first-order valence-corrected chi connectivity index (χ1v) is 5.10. The van der Waals surface area contributed by atoms with Crippen LogP contribution in [0.15, 0.2) is 12.1 Å². The first kappa shape index (κ1) is 13.4. The van der Waals surface area contributed by atoms with Crippen molar-refractivity contribution < 1.29 is 23.8 Å². The van der Waals surface area contributed by atoms with Gasteiger partial charge in [0.1, 0.15) is 0 Å². The van der Waals surface area contributed by atoms with Gasteiger partial charge in [-0.25, -0.2) is 13.6 Å². The third kappa shape index (κ3) is 3.13. The van der Waals surface area contributed by atoms with E-state index in [4.69, 9.17) is 5.11 Å². The highest BCUT2D eigenvalue weighted by Gasteiger charge is 2.17. The Bertz CT molecular complexity index is 423. The third-order valence-electron chi connectivity index (χ3n) is 2.31. The highest BCUT2D eigenvalue weighted by atomic mass is 19.2. The zero-order chi connectivity index (χ0) is 13.0. The van der Waals surface area contributed by atoms with Gasteiger partial charge in [-0.3, -0.25) is 0 Å². The lowest BCUT2D eigenvalue weighted by molar-refractivity contribution is 0.0690. The van der Waals surface area contributed by atoms with Crippen molar-refractivity contribution >= 4 is 11.7 Å². The molecule has 1 aromatic rings. The van der Waals surface area contributed by atoms with Gasteiger partial charge >= 0.3 is 5.97 Å². The van der Waals surface area contributed by atoms with Crippen LogP contribution in [0.25, 0.3) is 0 Å². The summed E-state index contributed by atoms with van der Waals surface area (Å²) in [7, 11) is 0. The normalized spacial score (nSPS) is 12.2. The summed E-state index contributed by atoms with van der Waals surface area (Å²) >= 11 is 0. The quantitative estimate of drug-likeness (QED) is 0.740. The van der Waals surface area contributed by atoms with E-state index in [0.29, 0.717) is 6.42 Å². The van der Waals surface area contributed by atoms with Crippen molar-refractivity contribution in [1.29, 1.82) is 0 Å². The minimum atomic E-state index is -1.53. The molecule has 0 saturated carbocycles. The van der Waals surface area contributed by atoms with Crippen LogP contribution in [-0.4, -0.2) is 28.8 Å². The average Bonchev–Trinajstić information content (AvgIpc) is 2.30. The lowest BCUT2D eigenvalue weighted by Gasteiger charge is -2.12. The van der Waals surface area contributed by atoms with Gasteiger partial charge in [-0.05, 0) is 18.6 Å². The molecule has 0 fully saturated rings. The average molecular weight is 245 g/mol. The molecule has 0 radical (unpaired) electrons. The van der Waals surface area contributed by atoms with Crippen molar-refractivity contribution in [3.05, 3.63) is 29.3 Å². The smallest absolute Gasteiger partial charge is 0.338 e. The monoisotopic (exact) mass is 245 g/mol. The second kappa shape index (κ2) is 5.58. The van der Waals surface area contributed by atoms with E-state index < -0.39 is 29.3 Å². The number of aliphatic hydroxyl groups excluding tert-OH is 1. The predicted molar refractivity (Wildman–Crippen MR) is 58.1 cm³/mol. The van der Waals surface area contributed by atoms with Gasteiger partial charge in [-0.15, -0.1) is 0 Å². The third-order valence-corrected chi connectivity index (χ3v) is 2.31. The van der Waals surface area contributed by atoms with Crippen LogP contribution in [0.2, 0.25) is 0 Å². The van der Waals surface area contributed by atoms with Crippen LogP contribution in [0.5, 0.6) is 0 Å². The fraction of sp³-hybridized carbons (Fsp3) is 0.364. The summed E-state index contributed by atoms with van der Waals surface area (Å²) in [6.07, 6.45) is -0.193. The van der Waals surface area contributed by atoms with Crippen LogP contribution in [0.4, 0.5) is 14.5 Å². The molecule has 3 N–H and O–H groups in total. The Labute approximate surface area is 96.9 Å². The number of benzene rings is 1. The Balaban J connectivity index is 2.89. The Morgan fingerprint density at radius 3 is 2.59 bits per heavy atom. The van der Waals surface area contributed by atoms with E-state index in [2.05, 4.69) is 5.32 Å². The molecule has 0 spiro atoms. The molecule has 0 amide bonds. The van der Waals surface area contributed by atoms with Crippen LogP contribution in [0.3, 0.4) is 0 Å². The summed E-state index contributed by atoms with van der Waals surface area (Å²) < 4.78 is 26.7. The molecule has 0 aromatic heterocycles. The summed E-state index contributed by atoms with van der Waals surface area (Å²) in [5.74, 6) is -4.19. The Morgan fingerprint density at radius 1 is 1.41 bits per heavy atom. The fourth-order valence-electron chi connectivity index (χ4n) is 1.22. The zero-order valence-corrected chi connectivity index (χ0v) is 9.20. The minimum absolute atomic E-state index is 0.0687. The number of carbonyl (C=O) groups is 1. The number of rotatable bonds is 5. The lowest BCUT2D eigenvalue weighted by Crippen LogP contribution is -2.19. The van der Waals surface area contributed by atoms with Crippen LogP contribution < -0.4 is 5.32 Å². The summed E-state index contributed by atoms with van der Waals surface area (Å²) in [5.41, 5.74) is -0.885. The van der Waals surface area contributed by atoms with Gasteiger partial charge in [0.25, 0.3) is 0 Å². The topological polar surface area (TPSA) is 69.6 Å². The van der Waals surface area contributed by atoms with Gasteiger partial charge in [-0.2, -0.15) is 0 Å². The summed E-state index contributed by atoms with van der Waals surface area (Å²) in [6, 6.07) is 2.10. The number of nitrogens with one attached hydrogen (secondary N) is 1. The van der Waals surface area contributed by atoms with Crippen molar-refractivity contribution in [3.63, 3.8) is 0 Å². The largest absolute Gasteiger partial charge is 0.478 e. The number of hydrogen-bond donors (Lipinski definition) is 3. The molecular formula is C11H13F2NO3. The van der Waals surface area contributed by atoms with Crippen molar-refractivity contribution in [3.8, 4) is 0 Å². The van der Waals surface area contributed by atoms with E-state index in [1.165, 1.54) is 0 Å². The van der Waals surface area contributed by atoms with Crippen molar-refractivity contribution in [2.75, 3.05) is 11.9 Å². The van der Waals surface area contributed by atoms with Crippen LogP contribution in [0, 0.1) is 11.6 Å². The van der Waals surface area contributed by atoms with Gasteiger partial charge in [0, 0.05) is 6.54 Å². The first-order valence-electron chi connectivity index (χ1n) is 5.10. The molecule has 0 bridgehead atoms. The van der Waals surface area contributed by atoms with E-state index in [1.54, 1.807) is 6.92 Å². The maximum Gasteiger partial charge on any atom is 0.338 e. The summed E-state index contributed by atoms with van der Waals surface area (Å²) in [6.45, 7) is 1.82. The zero-order valence-electron chi connectivity index (χ0n) is 9.20. The molecule has 0 saturated heterocycles. The number of aliphatic hydroxyl groups is 1. The summed E-state index contributed by atoms with van der Waals surface area (Å²) in [5, 5.41) is 20.3. The van der Waals surface area contributed by atoms with E-state index in [0.717, 1.165) is 12.1 Å². The van der Waals surface area contributed by atoms with Crippen molar-refractivity contribution in [1.82, 2.24) is 0 Å². The van der Waals surface area contributed by atoms with Gasteiger partial charge < -0.3 is 15.5 Å². The molecule has 0 heterocycles. The molecule has 1 unspecified atom stereocenters. The van der Waals surface area contributed by atoms with Crippen LogP contribution in [-0.2, 0) is 0 Å². The van der Waals surface area contributed by atoms with Gasteiger partial charge in [0.05, 0.1) is 17.4 Å². The van der Waals surface area contributed by atoms with Crippen LogP contribution >= 0.6 is 0 Å². The molecule has 1 aromatic carbocycles. The van der Waals surface area contributed by atoms with Crippen molar-refractivity contribution in [2.24, 2.45) is 0 Å². The second-order valence-electron chi connectivity index (χ2n) is 3.54. The number of halogens is 2. The molecule has 6 heteroatoms. The number of hydrogen-bond acceptors (Lipinski definition) is 3. The number of aromatic carboxylic acids is 1. The van der Waals surface area contributed by atoms with Crippen molar-refractivity contribution in [2.45, 2.75) is 19.4 Å². The molecule has 17 heavy (non-hydrogen) atoms. The SMILES string of the molecule is CCC(O)CNc1ccc(C(=O)O)c(F)c1F. The maximum absolute atomic E-state index is 13.4. The summed E-state index contributed by atoms with van der Waals surface area (Å²) in [4.78, 5) is 10.5. The molecule has 1 rings (SSSR count). The highest BCUT2D eigenvalue weighted by Crippen LogP contribution is 2.20. The molecule has 0 aliphatic heterocycles. The predicted octanol–water partition coefficient (Wildman–Crippen LogP) is 1.85. The maximum atomic E-state index is 13.4. The first-order chi connectivity index (χ1) is 7.97. The van der Waals surface area contributed by atoms with E-state index >= 15 is 0 Å². The van der Waals surface area contributed by atoms with Gasteiger partial charge in [-0.1, -0.05) is 6.92 Å². The fourth-order valence-corrected chi connectivity index (χ4v) is 1.22. The van der Waals surface area contributed by atoms with Gasteiger partial charge in [0.2, 0.25) is 0 Å². The minimum Gasteiger partial charge on any atom is -0.478 e. The Kier molecular flexibility index (Phi) is 4.39. The number of carboxylic acid groups (broad SMARTS) is 1. The van der Waals surface area contributed by atoms with E-state index in [9.17, 15) is 18.7 Å². The lowest BCUT2D eigenvalue weighted by atomic mass is 10.1. The van der Waals surface area contributed by atoms with Gasteiger partial charge in [0.15, 0.2) is 11.6 Å². The number of carboxylic acids is 1. The standard InChI is InChI=1S/C11H13F2NO3/c1-2-6(15)5-14-8-4-3-7(11(16)17)9(12)10(8)13/h3-4,6,14-15H,2,5H2,1H3,(H,16,17). The van der Waals surface area contributed by atoms with E-state index in [1.807, 2.05) is 0 Å². The van der Waals surface area contributed by atoms with Crippen LogP contribution in [0.1, 0.15) is 23.7 Å². The molecule has 4 nitrogen and oxygen atoms in total. The molecular weight excluding hydrogens is 232 g/mol. The Morgan fingerprint density at radius 2 is 2.06 bits per heavy atom. The number of anilines is 1. The molecule has 0 aliphatic carbocycles. The molecule has 0 aliphatic rings. The molecule has 94 valence electrons. The molecule has 1 atom stereocenters.